The van der Waals surface area contributed by atoms with Gasteiger partial charge in [-0.1, -0.05) is 34.1 Å². The van der Waals surface area contributed by atoms with E-state index in [0.717, 1.165) is 0 Å². The molecule has 4 unspecified atom stereocenters. The molecule has 4 atom stereocenters. The molecule has 0 saturated heterocycles. The Morgan fingerprint density at radius 3 is 2.06 bits per heavy atom. The quantitative estimate of drug-likeness (QED) is 0.0882. The number of nitrogens with two attached hydrogens (primary N) is 3. The standard InChI is InChI=1S/C20H39N7O5/c1-5-12(4)16(21)19(32)27-14(9-11(2)3)18(31)26-13(7-6-8-24-20(22)23)17(30)25-10-15(28)29/h11-14,16H,5-10,21H2,1-4H3,(H,25,30)(H,26,31)(H,27,32)(H,28,29)(H4,22,23,24). The molecule has 0 spiro atoms. The van der Waals surface area contributed by atoms with Crippen LogP contribution < -0.4 is 33.2 Å². The van der Waals surface area contributed by atoms with Gasteiger partial charge in [-0.25, -0.2) is 0 Å². The lowest BCUT2D eigenvalue weighted by Gasteiger charge is -2.26. The molecule has 0 rings (SSSR count). The minimum absolute atomic E-state index is 0.0668. The number of carboxylic acids is 1. The van der Waals surface area contributed by atoms with E-state index in [4.69, 9.17) is 22.3 Å². The second-order valence-corrected chi connectivity index (χ2v) is 8.22. The number of carboxylic acid groups (broad SMARTS) is 1. The number of nitrogens with zero attached hydrogens (tertiary/aromatic N) is 1. The molecule has 184 valence electrons. The van der Waals surface area contributed by atoms with Crippen molar-refractivity contribution in [2.45, 2.75) is 71.5 Å². The van der Waals surface area contributed by atoms with Gasteiger partial charge in [0.15, 0.2) is 5.96 Å². The number of amides is 3. The minimum Gasteiger partial charge on any atom is -0.480 e. The lowest BCUT2D eigenvalue weighted by Crippen LogP contribution is -2.57. The molecule has 0 aromatic carbocycles. The van der Waals surface area contributed by atoms with Crippen molar-refractivity contribution >= 4 is 29.7 Å². The van der Waals surface area contributed by atoms with Crippen molar-refractivity contribution in [2.24, 2.45) is 34.0 Å². The summed E-state index contributed by atoms with van der Waals surface area (Å²) in [6.07, 6.45) is 1.58. The second kappa shape index (κ2) is 15.0. The number of carbonyl (C=O) groups excluding carboxylic acids is 3. The van der Waals surface area contributed by atoms with Crippen molar-refractivity contribution in [3.8, 4) is 0 Å². The highest BCUT2D eigenvalue weighted by atomic mass is 16.4. The average Bonchev–Trinajstić information content (AvgIpc) is 2.71. The van der Waals surface area contributed by atoms with Crippen molar-refractivity contribution in [3.05, 3.63) is 0 Å². The fourth-order valence-corrected chi connectivity index (χ4v) is 2.81. The molecule has 12 heteroatoms. The molecule has 0 aliphatic rings. The number of guanidine groups is 1. The van der Waals surface area contributed by atoms with E-state index >= 15 is 0 Å². The number of rotatable bonds is 15. The molecule has 0 saturated carbocycles. The van der Waals surface area contributed by atoms with E-state index in [1.54, 1.807) is 0 Å². The van der Waals surface area contributed by atoms with Crippen LogP contribution in [0, 0.1) is 11.8 Å². The van der Waals surface area contributed by atoms with Gasteiger partial charge in [0.05, 0.1) is 6.04 Å². The predicted octanol–water partition coefficient (Wildman–Crippen LogP) is -1.37. The SMILES string of the molecule is CCC(C)C(N)C(=O)NC(CC(C)C)C(=O)NC(CCCN=C(N)N)C(=O)NCC(=O)O. The molecule has 12 nitrogen and oxygen atoms in total. The van der Waals surface area contributed by atoms with Gasteiger partial charge < -0.3 is 38.3 Å². The van der Waals surface area contributed by atoms with Crippen molar-refractivity contribution in [2.75, 3.05) is 13.1 Å². The van der Waals surface area contributed by atoms with Crippen molar-refractivity contribution < 1.29 is 24.3 Å². The molecule has 0 radical (unpaired) electrons. The number of nitrogens with one attached hydrogen (secondary N) is 3. The summed E-state index contributed by atoms with van der Waals surface area (Å²) in [4.78, 5) is 52.5. The summed E-state index contributed by atoms with van der Waals surface area (Å²) >= 11 is 0. The molecule has 0 aliphatic carbocycles. The molecule has 0 aliphatic heterocycles. The molecule has 0 bridgehead atoms. The van der Waals surface area contributed by atoms with Gasteiger partial charge in [-0.05, 0) is 31.1 Å². The van der Waals surface area contributed by atoms with Crippen LogP contribution in [0.15, 0.2) is 4.99 Å². The topological polar surface area (TPSA) is 215 Å². The smallest absolute Gasteiger partial charge is 0.322 e. The van der Waals surface area contributed by atoms with Crippen LogP contribution in [-0.2, 0) is 19.2 Å². The van der Waals surface area contributed by atoms with E-state index in [2.05, 4.69) is 20.9 Å². The van der Waals surface area contributed by atoms with E-state index in [1.165, 1.54) is 0 Å². The normalized spacial score (nSPS) is 14.6. The third kappa shape index (κ3) is 12.1. The Hall–Kier alpha value is -2.89. The monoisotopic (exact) mass is 457 g/mol. The van der Waals surface area contributed by atoms with Crippen molar-refractivity contribution in [1.29, 1.82) is 0 Å². The maximum atomic E-state index is 12.9. The van der Waals surface area contributed by atoms with E-state index in [9.17, 15) is 19.2 Å². The third-order valence-electron chi connectivity index (χ3n) is 4.89. The fourth-order valence-electron chi connectivity index (χ4n) is 2.81. The summed E-state index contributed by atoms with van der Waals surface area (Å²) in [5.74, 6) is -2.96. The van der Waals surface area contributed by atoms with E-state index in [-0.39, 0.29) is 30.8 Å². The van der Waals surface area contributed by atoms with Crippen LogP contribution in [0.5, 0.6) is 0 Å². The summed E-state index contributed by atoms with van der Waals surface area (Å²) < 4.78 is 0. The Bertz CT molecular complexity index is 665. The van der Waals surface area contributed by atoms with Gasteiger partial charge in [-0.15, -0.1) is 0 Å². The Balaban J connectivity index is 5.35. The molecule has 0 aromatic rings. The Morgan fingerprint density at radius 1 is 0.969 bits per heavy atom. The van der Waals surface area contributed by atoms with Crippen LogP contribution in [-0.4, -0.2) is 66.0 Å². The number of aliphatic imine (C=N–C) groups is 1. The predicted molar refractivity (Wildman–Crippen MR) is 121 cm³/mol. The fraction of sp³-hybridized carbons (Fsp3) is 0.750. The summed E-state index contributed by atoms with van der Waals surface area (Å²) in [6, 6.07) is -2.69. The highest BCUT2D eigenvalue weighted by molar-refractivity contribution is 5.93. The van der Waals surface area contributed by atoms with Gasteiger partial charge in [0, 0.05) is 6.54 Å². The van der Waals surface area contributed by atoms with Crippen LogP contribution in [0.2, 0.25) is 0 Å². The van der Waals surface area contributed by atoms with Gasteiger partial charge >= 0.3 is 5.97 Å². The van der Waals surface area contributed by atoms with Gasteiger partial charge in [-0.2, -0.15) is 0 Å². The van der Waals surface area contributed by atoms with Gasteiger partial charge in [0.2, 0.25) is 17.7 Å². The summed E-state index contributed by atoms with van der Waals surface area (Å²) in [6.45, 7) is 7.20. The Labute approximate surface area is 189 Å². The average molecular weight is 458 g/mol. The van der Waals surface area contributed by atoms with E-state index in [0.29, 0.717) is 19.3 Å². The van der Waals surface area contributed by atoms with E-state index in [1.807, 2.05) is 27.7 Å². The number of aliphatic carboxylic acids is 1. The van der Waals surface area contributed by atoms with Crippen LogP contribution in [0.4, 0.5) is 0 Å². The molecule has 32 heavy (non-hydrogen) atoms. The highest BCUT2D eigenvalue weighted by Crippen LogP contribution is 2.10. The van der Waals surface area contributed by atoms with Crippen LogP contribution in [0.1, 0.15) is 53.4 Å². The first-order chi connectivity index (χ1) is 14.9. The van der Waals surface area contributed by atoms with Crippen molar-refractivity contribution in [1.82, 2.24) is 16.0 Å². The molecular formula is C20H39N7O5. The molecule has 0 fully saturated rings. The summed E-state index contributed by atoms with van der Waals surface area (Å²) in [7, 11) is 0. The van der Waals surface area contributed by atoms with Crippen LogP contribution in [0.3, 0.4) is 0 Å². The molecule has 3 amide bonds. The number of hydrogen-bond acceptors (Lipinski definition) is 6. The largest absolute Gasteiger partial charge is 0.480 e. The first-order valence-electron chi connectivity index (χ1n) is 10.8. The lowest BCUT2D eigenvalue weighted by atomic mass is 9.97. The van der Waals surface area contributed by atoms with Crippen molar-refractivity contribution in [3.63, 3.8) is 0 Å². The van der Waals surface area contributed by atoms with Gasteiger partial charge in [-0.3, -0.25) is 24.2 Å². The number of carbonyl (C=O) groups is 4. The molecular weight excluding hydrogens is 418 g/mol. The molecule has 0 aromatic heterocycles. The zero-order valence-electron chi connectivity index (χ0n) is 19.4. The molecule has 10 N–H and O–H groups in total. The maximum Gasteiger partial charge on any atom is 0.322 e. The molecule has 0 heterocycles. The second-order valence-electron chi connectivity index (χ2n) is 8.22. The zero-order valence-corrected chi connectivity index (χ0v) is 19.4. The first kappa shape index (κ1) is 29.1. The van der Waals surface area contributed by atoms with Gasteiger partial charge in [0.25, 0.3) is 0 Å². The third-order valence-corrected chi connectivity index (χ3v) is 4.89. The lowest BCUT2D eigenvalue weighted by molar-refractivity contribution is -0.138. The minimum atomic E-state index is -1.21. The summed E-state index contributed by atoms with van der Waals surface area (Å²) in [5, 5.41) is 16.3. The first-order valence-corrected chi connectivity index (χ1v) is 10.8. The van der Waals surface area contributed by atoms with Gasteiger partial charge in [0.1, 0.15) is 18.6 Å². The van der Waals surface area contributed by atoms with Crippen LogP contribution in [0.25, 0.3) is 0 Å². The zero-order chi connectivity index (χ0) is 24.8. The Kier molecular flexibility index (Phi) is 13.6. The van der Waals surface area contributed by atoms with E-state index < -0.39 is 48.4 Å². The number of hydrogen-bond donors (Lipinski definition) is 7. The summed E-state index contributed by atoms with van der Waals surface area (Å²) in [5.41, 5.74) is 16.5. The highest BCUT2D eigenvalue weighted by Gasteiger charge is 2.29. The van der Waals surface area contributed by atoms with Crippen LogP contribution >= 0.6 is 0 Å². The Morgan fingerprint density at radius 2 is 1.56 bits per heavy atom. The maximum absolute atomic E-state index is 12.9.